The van der Waals surface area contributed by atoms with Gasteiger partial charge in [0.2, 0.25) is 0 Å². The fraction of sp³-hybridized carbons (Fsp3) is 0.429. The van der Waals surface area contributed by atoms with Crippen LogP contribution in [0, 0.1) is 5.82 Å². The van der Waals surface area contributed by atoms with Crippen LogP contribution < -0.4 is 4.90 Å². The van der Waals surface area contributed by atoms with Crippen molar-refractivity contribution in [3.05, 3.63) is 41.9 Å². The molecule has 2 heteroatoms. The molecule has 0 fully saturated rings. The molecule has 0 N–H and O–H groups in total. The predicted molar refractivity (Wildman–Crippen MR) is 68.1 cm³/mol. The zero-order chi connectivity index (χ0) is 12.3. The highest BCUT2D eigenvalue weighted by molar-refractivity contribution is 5.54. The van der Waals surface area contributed by atoms with E-state index in [1.807, 2.05) is 19.1 Å². The summed E-state index contributed by atoms with van der Waals surface area (Å²) < 4.78 is 12.9. The summed E-state index contributed by atoms with van der Waals surface area (Å²) in [6.45, 7) is 10.5. The fourth-order valence-electron chi connectivity index (χ4n) is 1.84. The smallest absolute Gasteiger partial charge is 0.123 e. The van der Waals surface area contributed by atoms with Crippen molar-refractivity contribution >= 4 is 5.69 Å². The summed E-state index contributed by atoms with van der Waals surface area (Å²) >= 11 is 0. The van der Waals surface area contributed by atoms with E-state index in [9.17, 15) is 4.39 Å². The summed E-state index contributed by atoms with van der Waals surface area (Å²) in [5.41, 5.74) is 2.16. The van der Waals surface area contributed by atoms with Crippen molar-refractivity contribution in [3.8, 4) is 0 Å². The molecule has 0 spiro atoms. The van der Waals surface area contributed by atoms with Crippen molar-refractivity contribution in [3.63, 3.8) is 0 Å². The molecule has 1 nitrogen and oxygen atoms in total. The van der Waals surface area contributed by atoms with Gasteiger partial charge >= 0.3 is 0 Å². The lowest BCUT2D eigenvalue weighted by atomic mass is 10.0. The Morgan fingerprint density at radius 1 is 1.19 bits per heavy atom. The van der Waals surface area contributed by atoms with Gasteiger partial charge < -0.3 is 4.90 Å². The molecule has 0 aliphatic carbocycles. The summed E-state index contributed by atoms with van der Waals surface area (Å²) in [5, 5.41) is 0. The SMILES string of the molecule is C/C=C(\C)N(c1ccc(F)cc1)C(C)(C)C. The Labute approximate surface area is 97.6 Å². The Balaban J connectivity index is 3.17. The van der Waals surface area contributed by atoms with Gasteiger partial charge in [0, 0.05) is 16.9 Å². The highest BCUT2D eigenvalue weighted by atomic mass is 19.1. The maximum Gasteiger partial charge on any atom is 0.123 e. The first-order chi connectivity index (χ1) is 7.36. The summed E-state index contributed by atoms with van der Waals surface area (Å²) in [4.78, 5) is 2.20. The molecule has 0 saturated carbocycles. The quantitative estimate of drug-likeness (QED) is 0.717. The third kappa shape index (κ3) is 2.84. The molecule has 0 bridgehead atoms. The maximum atomic E-state index is 12.9. The largest absolute Gasteiger partial charge is 0.340 e. The second-order valence-corrected chi connectivity index (χ2v) is 4.91. The summed E-state index contributed by atoms with van der Waals surface area (Å²) in [6, 6.07) is 6.62. The lowest BCUT2D eigenvalue weighted by Crippen LogP contribution is -2.40. The van der Waals surface area contributed by atoms with Crippen LogP contribution in [0.15, 0.2) is 36.0 Å². The van der Waals surface area contributed by atoms with Gasteiger partial charge in [0.15, 0.2) is 0 Å². The first-order valence-electron chi connectivity index (χ1n) is 5.55. The fourth-order valence-corrected chi connectivity index (χ4v) is 1.84. The zero-order valence-electron chi connectivity index (χ0n) is 10.7. The number of hydrogen-bond donors (Lipinski definition) is 0. The van der Waals surface area contributed by atoms with E-state index in [1.54, 1.807) is 0 Å². The monoisotopic (exact) mass is 221 g/mol. The van der Waals surface area contributed by atoms with Gasteiger partial charge in [-0.3, -0.25) is 0 Å². The molecule has 0 heterocycles. The van der Waals surface area contributed by atoms with E-state index < -0.39 is 0 Å². The lowest BCUT2D eigenvalue weighted by Gasteiger charge is -2.38. The first kappa shape index (κ1) is 12.8. The van der Waals surface area contributed by atoms with Gasteiger partial charge in [-0.05, 0) is 58.9 Å². The molecular formula is C14H20FN. The van der Waals surface area contributed by atoms with Crippen molar-refractivity contribution in [2.45, 2.75) is 40.2 Å². The first-order valence-corrected chi connectivity index (χ1v) is 5.55. The maximum absolute atomic E-state index is 12.9. The Morgan fingerprint density at radius 3 is 2.06 bits per heavy atom. The second-order valence-electron chi connectivity index (χ2n) is 4.91. The molecule has 16 heavy (non-hydrogen) atoms. The summed E-state index contributed by atoms with van der Waals surface area (Å²) in [7, 11) is 0. The molecular weight excluding hydrogens is 201 g/mol. The molecule has 0 atom stereocenters. The van der Waals surface area contributed by atoms with E-state index in [0.29, 0.717) is 0 Å². The van der Waals surface area contributed by atoms with Crippen molar-refractivity contribution in [1.29, 1.82) is 0 Å². The normalized spacial score (nSPS) is 12.8. The highest BCUT2D eigenvalue weighted by Gasteiger charge is 2.22. The topological polar surface area (TPSA) is 3.24 Å². The molecule has 0 aliphatic rings. The van der Waals surface area contributed by atoms with E-state index in [4.69, 9.17) is 0 Å². The van der Waals surface area contributed by atoms with E-state index in [1.165, 1.54) is 17.8 Å². The molecule has 0 saturated heterocycles. The van der Waals surface area contributed by atoms with Crippen LogP contribution in [0.1, 0.15) is 34.6 Å². The minimum Gasteiger partial charge on any atom is -0.340 e. The van der Waals surface area contributed by atoms with Gasteiger partial charge in [-0.25, -0.2) is 4.39 Å². The second kappa shape index (κ2) is 4.69. The standard InChI is InChI=1S/C14H20FN/c1-6-11(2)16(14(3,4)5)13-9-7-12(15)8-10-13/h6-10H,1-5H3/b11-6+. The molecule has 1 aromatic carbocycles. The summed E-state index contributed by atoms with van der Waals surface area (Å²) in [6.07, 6.45) is 2.06. The van der Waals surface area contributed by atoms with Crippen molar-refractivity contribution in [1.82, 2.24) is 0 Å². The van der Waals surface area contributed by atoms with Crippen LogP contribution in [-0.2, 0) is 0 Å². The van der Waals surface area contributed by atoms with Crippen LogP contribution in [0.5, 0.6) is 0 Å². The van der Waals surface area contributed by atoms with Gasteiger partial charge in [-0.2, -0.15) is 0 Å². The number of halogens is 1. The van der Waals surface area contributed by atoms with E-state index in [2.05, 4.69) is 38.7 Å². The van der Waals surface area contributed by atoms with Gasteiger partial charge in [-0.1, -0.05) is 6.08 Å². The van der Waals surface area contributed by atoms with E-state index >= 15 is 0 Å². The lowest BCUT2D eigenvalue weighted by molar-refractivity contribution is 0.540. The van der Waals surface area contributed by atoms with E-state index in [0.717, 1.165) is 5.69 Å². The molecule has 0 amide bonds. The molecule has 0 unspecified atom stereocenters. The molecule has 0 radical (unpaired) electrons. The van der Waals surface area contributed by atoms with Crippen molar-refractivity contribution in [2.75, 3.05) is 4.90 Å². The van der Waals surface area contributed by atoms with Crippen molar-refractivity contribution in [2.24, 2.45) is 0 Å². The third-order valence-corrected chi connectivity index (χ3v) is 2.53. The number of anilines is 1. The van der Waals surface area contributed by atoms with Crippen LogP contribution >= 0.6 is 0 Å². The predicted octanol–water partition coefficient (Wildman–Crippen LogP) is 4.35. The number of rotatable bonds is 2. The van der Waals surface area contributed by atoms with Gasteiger partial charge in [0.05, 0.1) is 0 Å². The molecule has 1 aromatic rings. The van der Waals surface area contributed by atoms with Crippen LogP contribution in [0.3, 0.4) is 0 Å². The Hall–Kier alpha value is -1.31. The van der Waals surface area contributed by atoms with Crippen molar-refractivity contribution < 1.29 is 4.39 Å². The van der Waals surface area contributed by atoms with Gasteiger partial charge in [-0.15, -0.1) is 0 Å². The van der Waals surface area contributed by atoms with Gasteiger partial charge in [0.25, 0.3) is 0 Å². The molecule has 1 rings (SSSR count). The van der Waals surface area contributed by atoms with Crippen LogP contribution in [0.2, 0.25) is 0 Å². The number of benzene rings is 1. The molecule has 88 valence electrons. The number of allylic oxidation sites excluding steroid dienone is 2. The Morgan fingerprint density at radius 2 is 1.69 bits per heavy atom. The summed E-state index contributed by atoms with van der Waals surface area (Å²) in [5.74, 6) is -0.198. The average Bonchev–Trinajstić information content (AvgIpc) is 2.19. The molecule has 0 aliphatic heterocycles. The minimum atomic E-state index is -0.198. The average molecular weight is 221 g/mol. The van der Waals surface area contributed by atoms with Crippen LogP contribution in [0.4, 0.5) is 10.1 Å². The zero-order valence-corrected chi connectivity index (χ0v) is 10.7. The molecule has 0 aromatic heterocycles. The number of hydrogen-bond acceptors (Lipinski definition) is 1. The highest BCUT2D eigenvalue weighted by Crippen LogP contribution is 2.28. The Bertz CT molecular complexity index is 371. The minimum absolute atomic E-state index is 0.0194. The van der Waals surface area contributed by atoms with E-state index in [-0.39, 0.29) is 11.4 Å². The van der Waals surface area contributed by atoms with Gasteiger partial charge in [0.1, 0.15) is 5.82 Å². The Kier molecular flexibility index (Phi) is 3.74. The van der Waals surface area contributed by atoms with Crippen LogP contribution in [0.25, 0.3) is 0 Å². The number of nitrogens with zero attached hydrogens (tertiary/aromatic N) is 1. The van der Waals surface area contributed by atoms with Crippen LogP contribution in [-0.4, -0.2) is 5.54 Å². The third-order valence-electron chi connectivity index (χ3n) is 2.53.